The Kier molecular flexibility index (Phi) is 5.32. The Morgan fingerprint density at radius 3 is 2.96 bits per heavy atom. The number of hydrogen-bond acceptors (Lipinski definition) is 6. The molecule has 1 fully saturated rings. The van der Waals surface area contributed by atoms with Gasteiger partial charge in [-0.3, -0.25) is 4.90 Å². The molecule has 0 bridgehead atoms. The molecule has 0 saturated carbocycles. The van der Waals surface area contributed by atoms with Crippen molar-refractivity contribution in [3.8, 4) is 0 Å². The Morgan fingerprint density at radius 2 is 2.22 bits per heavy atom. The summed E-state index contributed by atoms with van der Waals surface area (Å²) in [5, 5.41) is 15.0. The lowest BCUT2D eigenvalue weighted by Crippen LogP contribution is -3.08. The molecule has 2 aliphatic heterocycles. The smallest absolute Gasteiger partial charge is 0.185 e. The highest BCUT2D eigenvalue weighted by atomic mass is 16.9. The molecule has 1 aromatic rings. The van der Waals surface area contributed by atoms with E-state index in [0.717, 1.165) is 43.3 Å². The average molecular weight is 322 g/mol. The Morgan fingerprint density at radius 1 is 1.43 bits per heavy atom. The molecular formula is C16H26N4O3. The normalized spacial score (nSPS) is 19.7. The van der Waals surface area contributed by atoms with E-state index in [-0.39, 0.29) is 11.9 Å². The van der Waals surface area contributed by atoms with Gasteiger partial charge in [0.15, 0.2) is 12.5 Å². The zero-order valence-corrected chi connectivity index (χ0v) is 13.9. The number of pyridine rings is 1. The van der Waals surface area contributed by atoms with Crippen LogP contribution in [-0.4, -0.2) is 38.1 Å². The summed E-state index contributed by atoms with van der Waals surface area (Å²) in [5.74, 6) is 1.65. The van der Waals surface area contributed by atoms with Gasteiger partial charge < -0.3 is 15.3 Å². The summed E-state index contributed by atoms with van der Waals surface area (Å²) in [6.07, 6.45) is 2.02. The van der Waals surface area contributed by atoms with Gasteiger partial charge in [-0.05, 0) is 30.9 Å². The van der Waals surface area contributed by atoms with Crippen LogP contribution in [0.15, 0.2) is 12.1 Å². The Bertz CT molecular complexity index is 520. The molecule has 1 aromatic heterocycles. The monoisotopic (exact) mass is 322 g/mol. The minimum atomic E-state index is -0.202. The van der Waals surface area contributed by atoms with Crippen LogP contribution in [0.5, 0.6) is 0 Å². The fourth-order valence-electron chi connectivity index (χ4n) is 2.91. The van der Waals surface area contributed by atoms with Crippen LogP contribution in [-0.2, 0) is 9.57 Å². The van der Waals surface area contributed by atoms with Crippen molar-refractivity contribution in [2.24, 2.45) is 5.92 Å². The third-order valence-corrected chi connectivity index (χ3v) is 4.19. The van der Waals surface area contributed by atoms with E-state index < -0.39 is 0 Å². The lowest BCUT2D eigenvalue weighted by Gasteiger charge is -2.27. The van der Waals surface area contributed by atoms with Crippen LogP contribution in [0.1, 0.15) is 38.3 Å². The van der Waals surface area contributed by atoms with Gasteiger partial charge in [-0.1, -0.05) is 13.8 Å². The van der Waals surface area contributed by atoms with Crippen molar-refractivity contribution >= 4 is 11.5 Å². The summed E-state index contributed by atoms with van der Waals surface area (Å²) in [7, 11) is 0. The van der Waals surface area contributed by atoms with Gasteiger partial charge in [-0.15, -0.1) is 0 Å². The molecule has 3 heterocycles. The van der Waals surface area contributed by atoms with E-state index in [1.807, 2.05) is 18.7 Å². The van der Waals surface area contributed by atoms with Crippen molar-refractivity contribution in [1.29, 1.82) is 0 Å². The number of anilines is 2. The van der Waals surface area contributed by atoms with Gasteiger partial charge in [0.2, 0.25) is 0 Å². The van der Waals surface area contributed by atoms with E-state index in [9.17, 15) is 5.21 Å². The van der Waals surface area contributed by atoms with E-state index >= 15 is 0 Å². The fourth-order valence-corrected chi connectivity index (χ4v) is 2.91. The maximum Gasteiger partial charge on any atom is 0.185 e. The molecule has 1 saturated heterocycles. The molecule has 0 radical (unpaired) electrons. The summed E-state index contributed by atoms with van der Waals surface area (Å²) in [4.78, 5) is 12.0. The topological polar surface area (TPSA) is 74.1 Å². The quantitative estimate of drug-likeness (QED) is 0.764. The van der Waals surface area contributed by atoms with E-state index in [0.29, 0.717) is 25.1 Å². The van der Waals surface area contributed by atoms with E-state index in [4.69, 9.17) is 14.6 Å². The van der Waals surface area contributed by atoms with Crippen LogP contribution < -0.4 is 15.4 Å². The third kappa shape index (κ3) is 4.11. The molecule has 2 aliphatic rings. The number of hydroxylamine groups is 2. The predicted octanol–water partition coefficient (Wildman–Crippen LogP) is 1.09. The number of hydrogen-bond donors (Lipinski definition) is 2. The Labute approximate surface area is 137 Å². The second-order valence-electron chi connectivity index (χ2n) is 6.60. The highest BCUT2D eigenvalue weighted by Crippen LogP contribution is 2.33. The van der Waals surface area contributed by atoms with Crippen molar-refractivity contribution < 1.29 is 14.8 Å². The molecular weight excluding hydrogens is 296 g/mol. The van der Waals surface area contributed by atoms with Gasteiger partial charge in [-0.25, -0.2) is 15.0 Å². The first-order valence-electron chi connectivity index (χ1n) is 8.36. The number of aromatic nitrogens is 1. The van der Waals surface area contributed by atoms with Crippen molar-refractivity contribution in [3.05, 3.63) is 23.0 Å². The zero-order valence-electron chi connectivity index (χ0n) is 13.9. The predicted molar refractivity (Wildman–Crippen MR) is 88.0 cm³/mol. The van der Waals surface area contributed by atoms with Gasteiger partial charge in [0.1, 0.15) is 6.61 Å². The number of rotatable bonds is 6. The van der Waals surface area contributed by atoms with Gasteiger partial charge in [0.05, 0.1) is 12.4 Å². The van der Waals surface area contributed by atoms with Crippen LogP contribution in [0.3, 0.4) is 0 Å². The van der Waals surface area contributed by atoms with Crippen LogP contribution in [0.2, 0.25) is 0 Å². The highest BCUT2D eigenvalue weighted by Gasteiger charge is 2.25. The maximum absolute atomic E-state index is 12.0. The molecule has 0 amide bonds. The summed E-state index contributed by atoms with van der Waals surface area (Å²) in [6.45, 7) is 6.94. The van der Waals surface area contributed by atoms with E-state index in [2.05, 4.69) is 17.4 Å². The van der Waals surface area contributed by atoms with Gasteiger partial charge >= 0.3 is 0 Å². The van der Waals surface area contributed by atoms with Crippen LogP contribution in [0.4, 0.5) is 11.5 Å². The summed E-state index contributed by atoms with van der Waals surface area (Å²) in [6, 6.07) is 4.15. The SMILES string of the molecule is CC(C)CO[NH+]([O-])CN1CNc2ccc(C3CCOCC3)nc21. The molecule has 1 atom stereocenters. The summed E-state index contributed by atoms with van der Waals surface area (Å²) >= 11 is 0. The Hall–Kier alpha value is -1.41. The molecule has 7 heteroatoms. The first-order chi connectivity index (χ1) is 11.1. The average Bonchev–Trinajstić information content (AvgIpc) is 2.96. The number of nitrogens with zero attached hydrogens (tertiary/aromatic N) is 2. The maximum atomic E-state index is 12.0. The minimum absolute atomic E-state index is 0.202. The lowest BCUT2D eigenvalue weighted by atomic mass is 9.96. The second kappa shape index (κ2) is 7.44. The summed E-state index contributed by atoms with van der Waals surface area (Å²) in [5.41, 5.74) is 2.08. The van der Waals surface area contributed by atoms with Crippen molar-refractivity contribution in [2.75, 3.05) is 43.4 Å². The standard InChI is InChI=1S/C16H26N4O3/c1-12(2)9-23-20(21)11-19-10-17-15-4-3-14(18-16(15)19)13-5-7-22-8-6-13/h3-4,12-13,17,20H,5-11H2,1-2H3. The number of fused-ring (bicyclic) bond motifs is 1. The minimum Gasteiger partial charge on any atom is -0.598 e. The molecule has 23 heavy (non-hydrogen) atoms. The fraction of sp³-hybridized carbons (Fsp3) is 0.688. The molecule has 0 aromatic carbocycles. The van der Waals surface area contributed by atoms with E-state index in [1.165, 1.54) is 0 Å². The summed E-state index contributed by atoms with van der Waals surface area (Å²) < 4.78 is 5.42. The van der Waals surface area contributed by atoms with Crippen LogP contribution in [0.25, 0.3) is 0 Å². The number of nitrogens with one attached hydrogen (secondary N) is 2. The number of ether oxygens (including phenoxy) is 1. The van der Waals surface area contributed by atoms with Gasteiger partial charge in [-0.2, -0.15) is 0 Å². The molecule has 1 unspecified atom stereocenters. The largest absolute Gasteiger partial charge is 0.598 e. The Balaban J connectivity index is 1.65. The van der Waals surface area contributed by atoms with E-state index in [1.54, 1.807) is 0 Å². The third-order valence-electron chi connectivity index (χ3n) is 4.19. The van der Waals surface area contributed by atoms with Crippen molar-refractivity contribution in [3.63, 3.8) is 0 Å². The van der Waals surface area contributed by atoms with Crippen LogP contribution >= 0.6 is 0 Å². The van der Waals surface area contributed by atoms with Crippen molar-refractivity contribution in [2.45, 2.75) is 32.6 Å². The molecule has 0 spiro atoms. The van der Waals surface area contributed by atoms with Gasteiger partial charge in [0, 0.05) is 24.8 Å². The molecule has 3 rings (SSSR count). The molecule has 128 valence electrons. The second-order valence-corrected chi connectivity index (χ2v) is 6.60. The van der Waals surface area contributed by atoms with Gasteiger partial charge in [0.25, 0.3) is 0 Å². The molecule has 7 nitrogen and oxygen atoms in total. The van der Waals surface area contributed by atoms with Crippen LogP contribution in [0, 0.1) is 11.1 Å². The number of quaternary nitrogens is 1. The zero-order chi connectivity index (χ0) is 16.2. The molecule has 2 N–H and O–H groups in total. The highest BCUT2D eigenvalue weighted by molar-refractivity contribution is 5.70. The first kappa shape index (κ1) is 16.4. The van der Waals surface area contributed by atoms with Crippen molar-refractivity contribution in [1.82, 2.24) is 4.98 Å². The molecule has 0 aliphatic carbocycles. The first-order valence-corrected chi connectivity index (χ1v) is 8.36. The lowest BCUT2D eigenvalue weighted by molar-refractivity contribution is -1.05.